The number of nitro benzene ring substituents is 1. The van der Waals surface area contributed by atoms with Crippen molar-refractivity contribution >= 4 is 28.7 Å². The molecule has 0 aliphatic rings. The Morgan fingerprint density at radius 3 is 2.15 bits per heavy atom. The summed E-state index contributed by atoms with van der Waals surface area (Å²) in [5, 5.41) is 36.2. The fourth-order valence-electron chi connectivity index (χ4n) is 2.37. The quantitative estimate of drug-likeness (QED) is 0.246. The van der Waals surface area contributed by atoms with Crippen LogP contribution in [0.15, 0.2) is 21.7 Å². The summed E-state index contributed by atoms with van der Waals surface area (Å²) in [6.07, 6.45) is 0. The highest BCUT2D eigenvalue weighted by molar-refractivity contribution is 5.98. The van der Waals surface area contributed by atoms with E-state index in [1.165, 1.54) is 0 Å². The lowest BCUT2D eigenvalue weighted by molar-refractivity contribution is -0.384. The molecule has 14 heteroatoms. The number of nitrogens with one attached hydrogen (secondary N) is 2. The zero-order valence-corrected chi connectivity index (χ0v) is 13.0. The molecule has 2 heterocycles. The monoisotopic (exact) mass is 376 g/mol. The minimum atomic E-state index is -1.62. The van der Waals surface area contributed by atoms with Crippen LogP contribution >= 0.6 is 0 Å². The van der Waals surface area contributed by atoms with Crippen LogP contribution in [0.1, 0.15) is 26.5 Å². The number of non-ortho nitro benzene ring substituents is 1. The van der Waals surface area contributed by atoms with Crippen LogP contribution in [0.25, 0.3) is 11.0 Å². The molecule has 4 N–H and O–H groups in total. The molecule has 0 atom stereocenters. The molecule has 0 aliphatic heterocycles. The maximum atomic E-state index is 11.6. The molecule has 2 aromatic heterocycles. The summed E-state index contributed by atoms with van der Waals surface area (Å²) in [5.74, 6) is -3.25. The molecule has 138 valence electrons. The van der Waals surface area contributed by atoms with Crippen molar-refractivity contribution in [1.29, 1.82) is 0 Å². The van der Waals surface area contributed by atoms with Gasteiger partial charge in [-0.1, -0.05) is 0 Å². The van der Waals surface area contributed by atoms with Crippen molar-refractivity contribution in [3.8, 4) is 0 Å². The van der Waals surface area contributed by atoms with Gasteiger partial charge in [0.15, 0.2) is 0 Å². The molecule has 27 heavy (non-hydrogen) atoms. The van der Waals surface area contributed by atoms with Gasteiger partial charge in [-0.3, -0.25) is 19.7 Å². The number of nitro groups is 1. The van der Waals surface area contributed by atoms with Crippen LogP contribution < -0.4 is 11.1 Å². The number of carboxylic acids is 2. The normalized spacial score (nSPS) is 10.8. The van der Waals surface area contributed by atoms with Gasteiger partial charge in [0, 0.05) is 17.7 Å². The van der Waals surface area contributed by atoms with Crippen molar-refractivity contribution < 1.29 is 24.7 Å². The Hall–Kier alpha value is -4.36. The molecule has 14 nitrogen and oxygen atoms in total. The van der Waals surface area contributed by atoms with Gasteiger partial charge in [-0.15, -0.1) is 10.2 Å². The minimum Gasteiger partial charge on any atom is -0.476 e. The summed E-state index contributed by atoms with van der Waals surface area (Å²) in [7, 11) is 0. The fourth-order valence-corrected chi connectivity index (χ4v) is 2.37. The second-order valence-electron chi connectivity index (χ2n) is 5.23. The second-order valence-corrected chi connectivity index (χ2v) is 5.23. The molecule has 0 saturated heterocycles. The number of aromatic carboxylic acids is 2. The van der Waals surface area contributed by atoms with Gasteiger partial charge in [-0.25, -0.2) is 9.59 Å². The number of carboxylic acid groups (broad SMARTS) is 2. The molecule has 0 saturated carbocycles. The van der Waals surface area contributed by atoms with Crippen LogP contribution in [0, 0.1) is 10.1 Å². The van der Waals surface area contributed by atoms with E-state index < -0.39 is 51.6 Å². The lowest BCUT2D eigenvalue weighted by Gasteiger charge is -2.06. The van der Waals surface area contributed by atoms with E-state index in [1.807, 2.05) is 0 Å². The Labute approximate surface area is 145 Å². The third-order valence-corrected chi connectivity index (χ3v) is 3.48. The first-order chi connectivity index (χ1) is 12.7. The first kappa shape index (κ1) is 17.5. The Morgan fingerprint density at radius 1 is 1.07 bits per heavy atom. The summed E-state index contributed by atoms with van der Waals surface area (Å²) in [6.45, 7) is -0.409. The highest BCUT2D eigenvalue weighted by Gasteiger charge is 2.24. The minimum absolute atomic E-state index is 0.0243. The van der Waals surface area contributed by atoms with Crippen molar-refractivity contribution in [3.63, 3.8) is 0 Å². The van der Waals surface area contributed by atoms with Crippen LogP contribution in [-0.4, -0.2) is 52.0 Å². The molecule has 0 spiro atoms. The van der Waals surface area contributed by atoms with Gasteiger partial charge >= 0.3 is 23.1 Å². The van der Waals surface area contributed by atoms with Crippen molar-refractivity contribution in [2.24, 2.45) is 0 Å². The predicted octanol–water partition coefficient (Wildman–Crippen LogP) is -0.839. The molecule has 0 radical (unpaired) electrons. The third-order valence-electron chi connectivity index (χ3n) is 3.48. The molecule has 0 fully saturated rings. The number of hydrogen-bond acceptors (Lipinski definition) is 8. The van der Waals surface area contributed by atoms with Crippen molar-refractivity contribution in [2.75, 3.05) is 0 Å². The molecule has 0 amide bonds. The second kappa shape index (κ2) is 6.17. The van der Waals surface area contributed by atoms with E-state index in [9.17, 15) is 29.3 Å². The number of hydrogen-bond donors (Lipinski definition) is 4. The molecule has 3 aromatic rings. The molecule has 1 aromatic carbocycles. The van der Waals surface area contributed by atoms with Crippen molar-refractivity contribution in [3.05, 3.63) is 59.9 Å². The SMILES string of the molecule is O=C(O)c1nn(Cc2cc([N+](=O)[O-])cc3[nH]c(=O)c(=O)[nH]c23)nc1C(=O)O. The average Bonchev–Trinajstić information content (AvgIpc) is 3.00. The Morgan fingerprint density at radius 2 is 1.63 bits per heavy atom. The van der Waals surface area contributed by atoms with Crippen LogP contribution in [0.2, 0.25) is 0 Å². The van der Waals surface area contributed by atoms with E-state index in [-0.39, 0.29) is 16.6 Å². The van der Waals surface area contributed by atoms with E-state index in [1.54, 1.807) is 0 Å². The first-order valence-corrected chi connectivity index (χ1v) is 7.02. The maximum Gasteiger partial charge on any atom is 0.359 e. The zero-order chi connectivity index (χ0) is 19.9. The number of nitrogens with zero attached hydrogens (tertiary/aromatic N) is 4. The lowest BCUT2D eigenvalue weighted by Crippen LogP contribution is -2.29. The number of aromatic amines is 2. The molecule has 0 aliphatic carbocycles. The van der Waals surface area contributed by atoms with Gasteiger partial charge < -0.3 is 20.2 Å². The van der Waals surface area contributed by atoms with E-state index >= 15 is 0 Å². The van der Waals surface area contributed by atoms with Crippen LogP contribution in [0.5, 0.6) is 0 Å². The summed E-state index contributed by atoms with van der Waals surface area (Å²) < 4.78 is 0. The van der Waals surface area contributed by atoms with Gasteiger partial charge in [0.05, 0.1) is 22.5 Å². The summed E-state index contributed by atoms with van der Waals surface area (Å²) in [4.78, 5) is 60.7. The number of aromatic nitrogens is 5. The number of rotatable bonds is 5. The number of carbonyl (C=O) groups is 2. The average molecular weight is 376 g/mol. The first-order valence-electron chi connectivity index (χ1n) is 7.02. The lowest BCUT2D eigenvalue weighted by atomic mass is 10.1. The highest BCUT2D eigenvalue weighted by Crippen LogP contribution is 2.22. The largest absolute Gasteiger partial charge is 0.476 e. The summed E-state index contributed by atoms with van der Waals surface area (Å²) in [6, 6.07) is 2.08. The number of H-pyrrole nitrogens is 2. The Balaban J connectivity index is 2.21. The van der Waals surface area contributed by atoms with E-state index in [0.717, 1.165) is 12.1 Å². The standard InChI is InChI=1S/C13H8N6O8/c20-10-11(21)15-7-4(1-5(19(26)27)2-6(7)14-10)3-18-16-8(12(22)23)9(17-18)13(24)25/h1-2H,3H2,(H,14,20)(H,15,21)(H,22,23)(H,24,25). The fraction of sp³-hybridized carbons (Fsp3) is 0.0769. The van der Waals surface area contributed by atoms with Gasteiger partial charge in [0.2, 0.25) is 11.4 Å². The number of fused-ring (bicyclic) bond motifs is 1. The van der Waals surface area contributed by atoms with Crippen molar-refractivity contribution in [2.45, 2.75) is 6.54 Å². The third kappa shape index (κ3) is 3.13. The smallest absolute Gasteiger partial charge is 0.359 e. The zero-order valence-electron chi connectivity index (χ0n) is 13.0. The Kier molecular flexibility index (Phi) is 3.99. The van der Waals surface area contributed by atoms with Crippen LogP contribution in [-0.2, 0) is 6.54 Å². The summed E-state index contributed by atoms with van der Waals surface area (Å²) >= 11 is 0. The predicted molar refractivity (Wildman–Crippen MR) is 84.9 cm³/mol. The van der Waals surface area contributed by atoms with E-state index in [0.29, 0.717) is 4.80 Å². The van der Waals surface area contributed by atoms with Gasteiger partial charge in [0.25, 0.3) is 5.69 Å². The van der Waals surface area contributed by atoms with Crippen molar-refractivity contribution in [1.82, 2.24) is 25.0 Å². The van der Waals surface area contributed by atoms with Gasteiger partial charge in [-0.2, -0.15) is 4.80 Å². The van der Waals surface area contributed by atoms with Gasteiger partial charge in [-0.05, 0) is 0 Å². The van der Waals surface area contributed by atoms with E-state index in [4.69, 9.17) is 10.2 Å². The molecular weight excluding hydrogens is 368 g/mol. The topological polar surface area (TPSA) is 214 Å². The van der Waals surface area contributed by atoms with E-state index in [2.05, 4.69) is 20.2 Å². The molecule has 3 rings (SSSR count). The number of benzene rings is 1. The van der Waals surface area contributed by atoms with Gasteiger partial charge in [0.1, 0.15) is 0 Å². The molecular formula is C13H8N6O8. The maximum absolute atomic E-state index is 11.6. The van der Waals surface area contributed by atoms with Crippen LogP contribution in [0.4, 0.5) is 5.69 Å². The van der Waals surface area contributed by atoms with Crippen LogP contribution in [0.3, 0.4) is 0 Å². The molecule has 0 unspecified atom stereocenters. The highest BCUT2D eigenvalue weighted by atomic mass is 16.6. The summed E-state index contributed by atoms with van der Waals surface area (Å²) in [5.41, 5.74) is -4.07. The molecule has 0 bridgehead atoms. The Bertz CT molecular complexity index is 1200.